The van der Waals surface area contributed by atoms with Gasteiger partial charge in [-0.2, -0.15) is 5.26 Å². The number of nitrogens with one attached hydrogen (secondary N) is 1. The number of hydrogen-bond acceptors (Lipinski definition) is 8. The van der Waals surface area contributed by atoms with Crippen LogP contribution in [0.3, 0.4) is 0 Å². The molecule has 1 aromatic heterocycles. The van der Waals surface area contributed by atoms with Gasteiger partial charge in [0, 0.05) is 43.8 Å². The lowest BCUT2D eigenvalue weighted by atomic mass is 9.99. The molecule has 5 N–H and O–H groups in total. The summed E-state index contributed by atoms with van der Waals surface area (Å²) in [4.78, 5) is 15.0. The second-order valence-corrected chi connectivity index (χ2v) is 9.54. The standard InChI is InChI=1S/C29H34N4O6/c1-4-33(5-2)22-9-8-17-12-19(7-6-18(17)13-22)23-11-10-21(32(23)3)14-20(15-30)28(37)31-16-24-25(34)26(35)27(36)29(38)39-24/h6-14,24-27,29,34-36,38H,4-5,16H2,1-3H3,(H,31,37)/b20-14+/t24-,25-,26+,27-,29?/m1/s1. The number of amides is 1. The van der Waals surface area contributed by atoms with Crippen LogP contribution in [0.25, 0.3) is 28.1 Å². The van der Waals surface area contributed by atoms with Crippen LogP contribution in [-0.4, -0.2) is 81.2 Å². The highest BCUT2D eigenvalue weighted by Gasteiger charge is 2.43. The van der Waals surface area contributed by atoms with Gasteiger partial charge < -0.3 is 39.9 Å². The van der Waals surface area contributed by atoms with Crippen LogP contribution in [0.1, 0.15) is 19.5 Å². The monoisotopic (exact) mass is 534 g/mol. The molecule has 1 aliphatic rings. The summed E-state index contributed by atoms with van der Waals surface area (Å²) in [5.41, 5.74) is 3.55. The lowest BCUT2D eigenvalue weighted by Crippen LogP contribution is -2.60. The summed E-state index contributed by atoms with van der Waals surface area (Å²) in [5.74, 6) is -0.708. The fourth-order valence-corrected chi connectivity index (χ4v) is 4.82. The van der Waals surface area contributed by atoms with Crippen LogP contribution in [0.15, 0.2) is 54.1 Å². The molecule has 2 aromatic carbocycles. The number of benzene rings is 2. The molecule has 4 rings (SSSR count). The van der Waals surface area contributed by atoms with Gasteiger partial charge in [-0.05, 0) is 66.6 Å². The first-order valence-electron chi connectivity index (χ1n) is 12.9. The molecule has 0 aliphatic carbocycles. The molecule has 2 heterocycles. The predicted molar refractivity (Wildman–Crippen MR) is 147 cm³/mol. The van der Waals surface area contributed by atoms with E-state index in [2.05, 4.69) is 54.4 Å². The van der Waals surface area contributed by atoms with E-state index in [0.717, 1.165) is 35.1 Å². The fourth-order valence-electron chi connectivity index (χ4n) is 4.82. The Morgan fingerprint density at radius 1 is 1.03 bits per heavy atom. The van der Waals surface area contributed by atoms with Gasteiger partial charge in [-0.15, -0.1) is 0 Å². The third-order valence-electron chi connectivity index (χ3n) is 7.22. The quantitative estimate of drug-likeness (QED) is 0.216. The van der Waals surface area contributed by atoms with Crippen LogP contribution in [0.2, 0.25) is 0 Å². The molecule has 5 atom stereocenters. The first-order chi connectivity index (χ1) is 18.7. The van der Waals surface area contributed by atoms with E-state index < -0.39 is 36.6 Å². The van der Waals surface area contributed by atoms with Crippen molar-refractivity contribution in [1.29, 1.82) is 5.26 Å². The van der Waals surface area contributed by atoms with Crippen molar-refractivity contribution >= 4 is 28.4 Å². The van der Waals surface area contributed by atoms with E-state index in [1.807, 2.05) is 35.9 Å². The summed E-state index contributed by atoms with van der Waals surface area (Å²) >= 11 is 0. The maximum absolute atomic E-state index is 12.7. The average Bonchev–Trinajstić information content (AvgIpc) is 3.31. The van der Waals surface area contributed by atoms with Gasteiger partial charge in [0.15, 0.2) is 6.29 Å². The molecule has 206 valence electrons. The smallest absolute Gasteiger partial charge is 0.262 e. The second-order valence-electron chi connectivity index (χ2n) is 9.54. The lowest BCUT2D eigenvalue weighted by molar-refractivity contribution is -0.280. The minimum Gasteiger partial charge on any atom is -0.388 e. The van der Waals surface area contributed by atoms with E-state index in [1.165, 1.54) is 11.8 Å². The number of carbonyl (C=O) groups is 1. The molecule has 0 bridgehead atoms. The molecular weight excluding hydrogens is 500 g/mol. The number of anilines is 1. The number of carbonyl (C=O) groups excluding carboxylic acids is 1. The van der Waals surface area contributed by atoms with E-state index >= 15 is 0 Å². The fraction of sp³-hybridized carbons (Fsp3) is 0.379. The van der Waals surface area contributed by atoms with Gasteiger partial charge in [0.05, 0.1) is 0 Å². The minimum atomic E-state index is -1.71. The van der Waals surface area contributed by atoms with Crippen LogP contribution in [0.5, 0.6) is 0 Å². The Hall–Kier alpha value is -3.72. The van der Waals surface area contributed by atoms with E-state index in [1.54, 1.807) is 0 Å². The molecule has 10 heteroatoms. The molecule has 3 aromatic rings. The molecule has 1 saturated heterocycles. The van der Waals surface area contributed by atoms with Crippen molar-refractivity contribution in [2.75, 3.05) is 24.5 Å². The normalized spacial score (nSPS) is 23.4. The Morgan fingerprint density at radius 3 is 2.41 bits per heavy atom. The van der Waals surface area contributed by atoms with Crippen LogP contribution in [-0.2, 0) is 16.6 Å². The van der Waals surface area contributed by atoms with E-state index in [0.29, 0.717) is 5.69 Å². The topological polar surface area (TPSA) is 151 Å². The molecule has 1 amide bonds. The summed E-state index contributed by atoms with van der Waals surface area (Å²) in [7, 11) is 1.85. The van der Waals surface area contributed by atoms with E-state index in [-0.39, 0.29) is 12.1 Å². The van der Waals surface area contributed by atoms with Gasteiger partial charge in [0.1, 0.15) is 36.1 Å². The molecule has 0 spiro atoms. The number of nitrogens with zero attached hydrogens (tertiary/aromatic N) is 3. The molecule has 1 aliphatic heterocycles. The first kappa shape index (κ1) is 28.3. The summed E-state index contributed by atoms with van der Waals surface area (Å²) in [6.07, 6.45) is -6.25. The number of rotatable bonds is 8. The Morgan fingerprint density at radius 2 is 1.72 bits per heavy atom. The maximum atomic E-state index is 12.7. The van der Waals surface area contributed by atoms with Crippen molar-refractivity contribution in [3.63, 3.8) is 0 Å². The summed E-state index contributed by atoms with van der Waals surface area (Å²) in [6.45, 7) is 5.87. The zero-order valence-electron chi connectivity index (χ0n) is 22.2. The average molecular weight is 535 g/mol. The van der Waals surface area contributed by atoms with Crippen LogP contribution >= 0.6 is 0 Å². The summed E-state index contributed by atoms with van der Waals surface area (Å²) in [6, 6.07) is 18.3. The molecule has 1 fully saturated rings. The zero-order valence-corrected chi connectivity index (χ0v) is 22.2. The molecule has 0 saturated carbocycles. The van der Waals surface area contributed by atoms with Crippen molar-refractivity contribution in [2.45, 2.75) is 44.6 Å². The number of aliphatic hydroxyl groups is 4. The van der Waals surface area contributed by atoms with Gasteiger partial charge in [0.25, 0.3) is 5.91 Å². The largest absolute Gasteiger partial charge is 0.388 e. The number of aromatic nitrogens is 1. The van der Waals surface area contributed by atoms with E-state index in [4.69, 9.17) is 4.74 Å². The molecular formula is C29H34N4O6. The van der Waals surface area contributed by atoms with Crippen molar-refractivity contribution < 1.29 is 30.0 Å². The SMILES string of the molecule is CCN(CC)c1ccc2cc(-c3ccc(/C=C(\C#N)C(=O)NC[C@H]4OC(O)[C@H](O)[C@@H](O)[C@@H]4O)n3C)ccc2c1. The summed E-state index contributed by atoms with van der Waals surface area (Å²) < 4.78 is 6.95. The number of nitriles is 1. The van der Waals surface area contributed by atoms with Gasteiger partial charge in [-0.25, -0.2) is 0 Å². The third-order valence-corrected chi connectivity index (χ3v) is 7.22. The van der Waals surface area contributed by atoms with E-state index in [9.17, 15) is 30.5 Å². The van der Waals surface area contributed by atoms with Crippen molar-refractivity contribution in [3.8, 4) is 17.3 Å². The number of aliphatic hydroxyl groups excluding tert-OH is 4. The van der Waals surface area contributed by atoms with Gasteiger partial charge in [-0.1, -0.05) is 18.2 Å². The van der Waals surface area contributed by atoms with Crippen LogP contribution in [0, 0.1) is 11.3 Å². The molecule has 39 heavy (non-hydrogen) atoms. The Balaban J connectivity index is 1.50. The predicted octanol–water partition coefficient (Wildman–Crippen LogP) is 1.51. The van der Waals surface area contributed by atoms with Crippen LogP contribution < -0.4 is 10.2 Å². The van der Waals surface area contributed by atoms with Crippen molar-refractivity contribution in [3.05, 3.63) is 59.8 Å². The van der Waals surface area contributed by atoms with Crippen molar-refractivity contribution in [2.24, 2.45) is 7.05 Å². The van der Waals surface area contributed by atoms with Gasteiger partial charge in [-0.3, -0.25) is 4.79 Å². The Bertz CT molecular complexity index is 1410. The van der Waals surface area contributed by atoms with Crippen LogP contribution in [0.4, 0.5) is 5.69 Å². The molecule has 10 nitrogen and oxygen atoms in total. The molecule has 0 radical (unpaired) electrons. The third kappa shape index (κ3) is 5.83. The number of ether oxygens (including phenoxy) is 1. The highest BCUT2D eigenvalue weighted by molar-refractivity contribution is 6.01. The lowest BCUT2D eigenvalue weighted by Gasteiger charge is -2.38. The summed E-state index contributed by atoms with van der Waals surface area (Å²) in [5, 5.41) is 53.5. The number of hydrogen-bond donors (Lipinski definition) is 5. The van der Waals surface area contributed by atoms with Crippen molar-refractivity contribution in [1.82, 2.24) is 9.88 Å². The molecule has 1 unspecified atom stereocenters. The highest BCUT2D eigenvalue weighted by Crippen LogP contribution is 2.29. The Labute approximate surface area is 227 Å². The highest BCUT2D eigenvalue weighted by atomic mass is 16.6. The van der Waals surface area contributed by atoms with Gasteiger partial charge in [0.2, 0.25) is 0 Å². The Kier molecular flexibility index (Phi) is 8.70. The van der Waals surface area contributed by atoms with Gasteiger partial charge >= 0.3 is 0 Å². The maximum Gasteiger partial charge on any atom is 0.262 e. The first-order valence-corrected chi connectivity index (χ1v) is 12.9. The minimum absolute atomic E-state index is 0.170. The number of fused-ring (bicyclic) bond motifs is 1. The zero-order chi connectivity index (χ0) is 28.3. The second kappa shape index (κ2) is 12.0.